The Hall–Kier alpha value is -2.59. The molecule has 0 bridgehead atoms. The van der Waals surface area contributed by atoms with Crippen LogP contribution in [0, 0.1) is 0 Å². The maximum Gasteiger partial charge on any atom is 0.516 e. The van der Waals surface area contributed by atoms with Gasteiger partial charge in [-0.2, -0.15) is 21.6 Å². The summed E-state index contributed by atoms with van der Waals surface area (Å²) in [5.41, 5.74) is -8.61. The SMILES string of the molecule is COC(=O)[C@@H]1N(S(=O)(=O)C(F)(F)F)c2ccccc2[C@@]1(O)c1ccccc1. The fraction of sp³-hybridized carbons (Fsp3) is 0.235. The predicted molar refractivity (Wildman–Crippen MR) is 89.1 cm³/mol. The molecule has 1 aliphatic heterocycles. The third-order valence-electron chi connectivity index (χ3n) is 4.37. The van der Waals surface area contributed by atoms with Gasteiger partial charge < -0.3 is 9.84 Å². The second kappa shape index (κ2) is 6.24. The number of aliphatic hydroxyl groups is 1. The van der Waals surface area contributed by atoms with Gasteiger partial charge in [-0.25, -0.2) is 9.10 Å². The molecule has 1 N–H and O–H groups in total. The highest BCUT2D eigenvalue weighted by Crippen LogP contribution is 2.51. The summed E-state index contributed by atoms with van der Waals surface area (Å²) in [6.07, 6.45) is 0. The minimum atomic E-state index is -6.00. The van der Waals surface area contributed by atoms with E-state index >= 15 is 0 Å². The molecule has 2 atom stereocenters. The van der Waals surface area contributed by atoms with Crippen molar-refractivity contribution in [1.82, 2.24) is 0 Å². The highest BCUT2D eigenvalue weighted by atomic mass is 32.2. The Kier molecular flexibility index (Phi) is 4.43. The number of ether oxygens (including phenoxy) is 1. The highest BCUT2D eigenvalue weighted by molar-refractivity contribution is 7.93. The smallest absolute Gasteiger partial charge is 0.467 e. The average molecular weight is 401 g/mol. The number of hydrogen-bond acceptors (Lipinski definition) is 5. The van der Waals surface area contributed by atoms with Gasteiger partial charge in [0.1, 0.15) is 5.60 Å². The molecule has 144 valence electrons. The Morgan fingerprint density at radius 1 is 1.11 bits per heavy atom. The number of anilines is 1. The first-order chi connectivity index (χ1) is 12.6. The van der Waals surface area contributed by atoms with E-state index in [0.717, 1.165) is 13.2 Å². The molecule has 3 rings (SSSR count). The van der Waals surface area contributed by atoms with E-state index in [4.69, 9.17) is 0 Å². The lowest BCUT2D eigenvalue weighted by molar-refractivity contribution is -0.146. The highest BCUT2D eigenvalue weighted by Gasteiger charge is 2.64. The van der Waals surface area contributed by atoms with Gasteiger partial charge in [0, 0.05) is 5.56 Å². The second-order valence-corrected chi connectivity index (χ2v) is 7.63. The molecule has 6 nitrogen and oxygen atoms in total. The number of sulfonamides is 1. The molecule has 2 aromatic rings. The van der Waals surface area contributed by atoms with Crippen molar-refractivity contribution in [2.24, 2.45) is 0 Å². The molecule has 2 aromatic carbocycles. The van der Waals surface area contributed by atoms with E-state index in [1.54, 1.807) is 6.07 Å². The molecular formula is C17H14F3NO5S. The topological polar surface area (TPSA) is 83.9 Å². The molecule has 0 radical (unpaired) electrons. The molecule has 0 aliphatic carbocycles. The predicted octanol–water partition coefficient (Wildman–Crippen LogP) is 2.13. The number of hydrogen-bond donors (Lipinski definition) is 1. The standard InChI is InChI=1S/C17H14F3NO5S/c1-26-15(22)14-16(23,11-7-3-2-4-8-11)12-9-5-6-10-13(12)21(14)27(24,25)17(18,19)20/h2-10,14,23H,1H3/t14-,16-/m0/s1. The summed E-state index contributed by atoms with van der Waals surface area (Å²) in [6, 6.07) is 10.3. The van der Waals surface area contributed by atoms with E-state index in [-0.39, 0.29) is 15.4 Å². The lowest BCUT2D eigenvalue weighted by atomic mass is 9.83. The van der Waals surface area contributed by atoms with Crippen molar-refractivity contribution in [2.75, 3.05) is 11.4 Å². The Balaban J connectivity index is 2.38. The fourth-order valence-corrected chi connectivity index (χ4v) is 4.36. The van der Waals surface area contributed by atoms with Crippen molar-refractivity contribution in [1.29, 1.82) is 0 Å². The van der Waals surface area contributed by atoms with Gasteiger partial charge in [0.2, 0.25) is 0 Å². The molecule has 1 aliphatic rings. The number of nitrogens with zero attached hydrogens (tertiary/aromatic N) is 1. The summed E-state index contributed by atoms with van der Waals surface area (Å²) in [4.78, 5) is 12.4. The largest absolute Gasteiger partial charge is 0.516 e. The van der Waals surface area contributed by atoms with Crippen molar-refractivity contribution >= 4 is 21.7 Å². The minimum absolute atomic E-state index is 0.0488. The molecule has 0 spiro atoms. The molecule has 0 unspecified atom stereocenters. The van der Waals surface area contributed by atoms with Crippen LogP contribution >= 0.6 is 0 Å². The summed E-state index contributed by atoms with van der Waals surface area (Å²) < 4.78 is 68.9. The zero-order valence-electron chi connectivity index (χ0n) is 13.8. The monoisotopic (exact) mass is 401 g/mol. The van der Waals surface area contributed by atoms with Crippen LogP contribution in [0.1, 0.15) is 11.1 Å². The molecule has 1 heterocycles. The lowest BCUT2D eigenvalue weighted by Crippen LogP contribution is -2.55. The fourth-order valence-electron chi connectivity index (χ4n) is 3.21. The van der Waals surface area contributed by atoms with Crippen molar-refractivity contribution in [3.63, 3.8) is 0 Å². The number of rotatable bonds is 3. The number of carbonyl (C=O) groups is 1. The maximum atomic E-state index is 13.3. The van der Waals surface area contributed by atoms with Gasteiger partial charge in [-0.05, 0) is 11.6 Å². The number of fused-ring (bicyclic) bond motifs is 1. The summed E-state index contributed by atoms with van der Waals surface area (Å²) in [6.45, 7) is 0. The van der Waals surface area contributed by atoms with Gasteiger partial charge in [0.05, 0.1) is 12.8 Å². The molecule has 27 heavy (non-hydrogen) atoms. The van der Waals surface area contributed by atoms with Crippen LogP contribution in [0.2, 0.25) is 0 Å². The van der Waals surface area contributed by atoms with Crippen LogP contribution in [0.15, 0.2) is 54.6 Å². The van der Waals surface area contributed by atoms with Gasteiger partial charge >= 0.3 is 21.5 Å². The van der Waals surface area contributed by atoms with Crippen LogP contribution in [-0.4, -0.2) is 38.2 Å². The normalized spacial score (nSPS) is 22.4. The quantitative estimate of drug-likeness (QED) is 0.797. The number of benzene rings is 2. The van der Waals surface area contributed by atoms with Crippen molar-refractivity contribution in [3.05, 3.63) is 65.7 Å². The third-order valence-corrected chi connectivity index (χ3v) is 5.88. The first-order valence-corrected chi connectivity index (χ1v) is 9.06. The van der Waals surface area contributed by atoms with Gasteiger partial charge in [0.15, 0.2) is 6.04 Å². The summed E-state index contributed by atoms with van der Waals surface area (Å²) in [7, 11) is -5.10. The van der Waals surface area contributed by atoms with E-state index in [9.17, 15) is 31.5 Å². The van der Waals surface area contributed by atoms with E-state index in [1.165, 1.54) is 42.5 Å². The van der Waals surface area contributed by atoms with Crippen LogP contribution in [0.3, 0.4) is 0 Å². The number of methoxy groups -OCH3 is 1. The van der Waals surface area contributed by atoms with E-state index in [0.29, 0.717) is 0 Å². The Morgan fingerprint density at radius 3 is 2.22 bits per heavy atom. The van der Waals surface area contributed by atoms with Crippen LogP contribution < -0.4 is 4.31 Å². The first-order valence-electron chi connectivity index (χ1n) is 7.62. The Morgan fingerprint density at radius 2 is 1.67 bits per heavy atom. The summed E-state index contributed by atoms with van der Waals surface area (Å²) in [5.74, 6) is -1.33. The Bertz CT molecular complexity index is 978. The van der Waals surface area contributed by atoms with E-state index in [2.05, 4.69) is 4.74 Å². The van der Waals surface area contributed by atoms with E-state index in [1.807, 2.05) is 0 Å². The second-order valence-electron chi connectivity index (χ2n) is 5.82. The maximum absolute atomic E-state index is 13.3. The van der Waals surface area contributed by atoms with Gasteiger partial charge in [0.25, 0.3) is 0 Å². The van der Waals surface area contributed by atoms with Crippen LogP contribution in [0.25, 0.3) is 0 Å². The number of halogens is 3. The summed E-state index contributed by atoms with van der Waals surface area (Å²) >= 11 is 0. The van der Waals surface area contributed by atoms with Gasteiger partial charge in [-0.3, -0.25) is 0 Å². The molecular weight excluding hydrogens is 387 g/mol. The molecule has 0 saturated carbocycles. The molecule has 0 fully saturated rings. The number of esters is 1. The molecule has 10 heteroatoms. The lowest BCUT2D eigenvalue weighted by Gasteiger charge is -2.33. The number of carbonyl (C=O) groups excluding carboxylic acids is 1. The van der Waals surface area contributed by atoms with Crippen molar-refractivity contribution in [3.8, 4) is 0 Å². The number of para-hydroxylation sites is 1. The zero-order valence-corrected chi connectivity index (χ0v) is 14.7. The van der Waals surface area contributed by atoms with Gasteiger partial charge in [-0.1, -0.05) is 48.5 Å². The molecule has 0 amide bonds. The molecule has 0 aromatic heterocycles. The first kappa shape index (κ1) is 19.2. The van der Waals surface area contributed by atoms with E-state index < -0.39 is 38.8 Å². The van der Waals surface area contributed by atoms with Crippen molar-refractivity contribution < 1.29 is 36.2 Å². The Labute approximate surface area is 152 Å². The average Bonchev–Trinajstić information content (AvgIpc) is 2.92. The van der Waals surface area contributed by atoms with Crippen molar-refractivity contribution in [2.45, 2.75) is 17.2 Å². The van der Waals surface area contributed by atoms with Crippen LogP contribution in [0.5, 0.6) is 0 Å². The number of alkyl halides is 3. The summed E-state index contributed by atoms with van der Waals surface area (Å²) in [5, 5.41) is 11.4. The van der Waals surface area contributed by atoms with Crippen LogP contribution in [-0.2, 0) is 25.2 Å². The third kappa shape index (κ3) is 2.67. The minimum Gasteiger partial charge on any atom is -0.467 e. The van der Waals surface area contributed by atoms with Gasteiger partial charge in [-0.15, -0.1) is 0 Å². The molecule has 0 saturated heterocycles. The zero-order chi connectivity index (χ0) is 20.0. The van der Waals surface area contributed by atoms with Crippen LogP contribution in [0.4, 0.5) is 18.9 Å².